The van der Waals surface area contributed by atoms with Crippen LogP contribution in [0, 0.1) is 11.8 Å². The molecule has 3 aliphatic rings. The molecule has 3 aliphatic heterocycles. The third-order valence-corrected chi connectivity index (χ3v) is 7.68. The molecule has 3 aromatic carbocycles. The fourth-order valence-corrected chi connectivity index (χ4v) is 5.96. The Hall–Kier alpha value is -4.59. The maximum atomic E-state index is 14.2. The molecule has 0 bridgehead atoms. The molecular formula is C30H26N2O6. The molecule has 0 radical (unpaired) electrons. The van der Waals surface area contributed by atoms with Gasteiger partial charge in [-0.2, -0.15) is 0 Å². The molecule has 2 fully saturated rings. The highest BCUT2D eigenvalue weighted by Crippen LogP contribution is 2.50. The molecule has 0 aromatic heterocycles. The number of rotatable bonds is 6. The number of Topliss-reactive ketones (excluding diaryl/α,β-unsaturated/α-hetero) is 1. The van der Waals surface area contributed by atoms with Crippen molar-refractivity contribution in [2.45, 2.75) is 12.1 Å². The Labute approximate surface area is 220 Å². The predicted molar refractivity (Wildman–Crippen MR) is 142 cm³/mol. The van der Waals surface area contributed by atoms with Crippen molar-refractivity contribution in [3.8, 4) is 17.2 Å². The number of methoxy groups -OCH3 is 3. The predicted octanol–water partition coefficient (Wildman–Crippen LogP) is 3.99. The van der Waals surface area contributed by atoms with Crippen LogP contribution in [0.2, 0.25) is 0 Å². The van der Waals surface area contributed by atoms with Gasteiger partial charge in [-0.15, -0.1) is 0 Å². The van der Waals surface area contributed by atoms with Gasteiger partial charge in [-0.1, -0.05) is 30.4 Å². The lowest BCUT2D eigenvalue weighted by Crippen LogP contribution is -2.48. The van der Waals surface area contributed by atoms with Crippen LogP contribution >= 0.6 is 0 Å². The van der Waals surface area contributed by atoms with Gasteiger partial charge in [0.05, 0.1) is 44.9 Å². The first kappa shape index (κ1) is 23.8. The van der Waals surface area contributed by atoms with Gasteiger partial charge in [0, 0.05) is 11.3 Å². The summed E-state index contributed by atoms with van der Waals surface area (Å²) in [4.78, 5) is 45.3. The molecule has 3 heterocycles. The number of carbonyl (C=O) groups is 3. The summed E-state index contributed by atoms with van der Waals surface area (Å²) in [5.74, 6) is -0.989. The van der Waals surface area contributed by atoms with Crippen molar-refractivity contribution in [3.63, 3.8) is 0 Å². The number of imide groups is 1. The topological polar surface area (TPSA) is 85.4 Å². The third kappa shape index (κ3) is 3.40. The Balaban J connectivity index is 1.47. The van der Waals surface area contributed by atoms with E-state index in [-0.39, 0.29) is 17.6 Å². The molecule has 0 unspecified atom stereocenters. The molecule has 192 valence electrons. The van der Waals surface area contributed by atoms with Gasteiger partial charge in [-0.3, -0.25) is 14.4 Å². The Morgan fingerprint density at radius 3 is 2.21 bits per heavy atom. The molecule has 4 atom stereocenters. The van der Waals surface area contributed by atoms with E-state index in [1.807, 2.05) is 41.3 Å². The second-order valence-electron chi connectivity index (χ2n) is 9.46. The highest BCUT2D eigenvalue weighted by molar-refractivity contribution is 6.25. The lowest BCUT2D eigenvalue weighted by Gasteiger charge is -2.36. The highest BCUT2D eigenvalue weighted by Gasteiger charge is 2.64. The largest absolute Gasteiger partial charge is 0.497 e. The standard InChI is InChI=1S/C30H26N2O6/c1-36-20-12-10-19(11-13-20)31-29(34)25-22-14-8-17-6-4-5-7-21(17)32(22)27(26(25)30(31)35)28(33)18-9-15-23(37-2)24(16-18)38-3/h4-16,22,25-27H,1-3H3/t22-,25-,26-,27-/m0/s1. The molecular weight excluding hydrogens is 484 g/mol. The van der Waals surface area contributed by atoms with Crippen LogP contribution < -0.4 is 24.0 Å². The van der Waals surface area contributed by atoms with Crippen LogP contribution in [-0.4, -0.2) is 51.0 Å². The van der Waals surface area contributed by atoms with Gasteiger partial charge in [0.2, 0.25) is 11.8 Å². The number of fused-ring (bicyclic) bond motifs is 5. The number of para-hydroxylation sites is 1. The van der Waals surface area contributed by atoms with Crippen molar-refractivity contribution in [1.29, 1.82) is 0 Å². The van der Waals surface area contributed by atoms with Crippen molar-refractivity contribution in [3.05, 3.63) is 83.9 Å². The van der Waals surface area contributed by atoms with Crippen LogP contribution in [0.5, 0.6) is 17.2 Å². The Bertz CT molecular complexity index is 1480. The number of nitrogens with zero attached hydrogens (tertiary/aromatic N) is 2. The van der Waals surface area contributed by atoms with E-state index in [1.165, 1.54) is 19.1 Å². The molecule has 0 aliphatic carbocycles. The third-order valence-electron chi connectivity index (χ3n) is 7.68. The molecule has 8 heteroatoms. The first-order valence-electron chi connectivity index (χ1n) is 12.3. The normalized spacial score (nSPS) is 23.1. The maximum Gasteiger partial charge on any atom is 0.240 e. The van der Waals surface area contributed by atoms with Gasteiger partial charge >= 0.3 is 0 Å². The number of ketones is 1. The van der Waals surface area contributed by atoms with E-state index >= 15 is 0 Å². The number of amides is 2. The van der Waals surface area contributed by atoms with Crippen LogP contribution in [-0.2, 0) is 9.59 Å². The number of ether oxygens (including phenoxy) is 3. The summed E-state index contributed by atoms with van der Waals surface area (Å²) in [6.45, 7) is 0. The number of carbonyl (C=O) groups excluding carboxylic acids is 3. The maximum absolute atomic E-state index is 14.2. The van der Waals surface area contributed by atoms with E-state index in [0.29, 0.717) is 28.5 Å². The summed E-state index contributed by atoms with van der Waals surface area (Å²) >= 11 is 0. The summed E-state index contributed by atoms with van der Waals surface area (Å²) in [5, 5.41) is 0. The van der Waals surface area contributed by atoms with Gasteiger partial charge < -0.3 is 19.1 Å². The van der Waals surface area contributed by atoms with Gasteiger partial charge in [0.15, 0.2) is 17.3 Å². The lowest BCUT2D eigenvalue weighted by molar-refractivity contribution is -0.122. The minimum absolute atomic E-state index is 0.258. The van der Waals surface area contributed by atoms with E-state index in [9.17, 15) is 14.4 Å². The zero-order valence-electron chi connectivity index (χ0n) is 21.2. The number of hydrogen-bond donors (Lipinski definition) is 0. The van der Waals surface area contributed by atoms with Crippen LogP contribution in [0.4, 0.5) is 11.4 Å². The van der Waals surface area contributed by atoms with E-state index in [4.69, 9.17) is 14.2 Å². The molecule has 8 nitrogen and oxygen atoms in total. The van der Waals surface area contributed by atoms with Crippen molar-refractivity contribution < 1.29 is 28.6 Å². The SMILES string of the molecule is COc1ccc(N2C(=O)[C@@H]3[C@H](C2=O)[C@@H](C(=O)c2ccc(OC)c(OC)c2)N2c4ccccc4C=C[C@@H]32)cc1. The molecule has 2 amide bonds. The van der Waals surface area contributed by atoms with Crippen LogP contribution in [0.15, 0.2) is 72.8 Å². The summed E-state index contributed by atoms with van der Waals surface area (Å²) in [6, 6.07) is 18.1. The Morgan fingerprint density at radius 1 is 0.789 bits per heavy atom. The molecule has 38 heavy (non-hydrogen) atoms. The second-order valence-corrected chi connectivity index (χ2v) is 9.46. The van der Waals surface area contributed by atoms with Gasteiger partial charge in [-0.25, -0.2) is 4.90 Å². The smallest absolute Gasteiger partial charge is 0.240 e. The fourth-order valence-electron chi connectivity index (χ4n) is 5.96. The summed E-state index contributed by atoms with van der Waals surface area (Å²) < 4.78 is 16.0. The molecule has 2 saturated heterocycles. The molecule has 3 aromatic rings. The van der Waals surface area contributed by atoms with Crippen LogP contribution in [0.25, 0.3) is 6.08 Å². The summed E-state index contributed by atoms with van der Waals surface area (Å²) in [6.07, 6.45) is 3.90. The van der Waals surface area contributed by atoms with Crippen molar-refractivity contribution >= 4 is 35.0 Å². The van der Waals surface area contributed by atoms with Crippen molar-refractivity contribution in [1.82, 2.24) is 0 Å². The minimum atomic E-state index is -0.881. The van der Waals surface area contributed by atoms with E-state index < -0.39 is 23.9 Å². The quantitative estimate of drug-likeness (QED) is 0.366. The second kappa shape index (κ2) is 9.06. The fraction of sp³-hybridized carbons (Fsp3) is 0.233. The molecule has 0 N–H and O–H groups in total. The summed E-state index contributed by atoms with van der Waals surface area (Å²) in [5.41, 5.74) is 2.59. The van der Waals surface area contributed by atoms with E-state index in [1.54, 1.807) is 49.6 Å². The molecule has 6 rings (SSSR count). The molecule has 0 saturated carbocycles. The molecule has 0 spiro atoms. The Kier molecular flexibility index (Phi) is 5.67. The first-order chi connectivity index (χ1) is 18.5. The van der Waals surface area contributed by atoms with E-state index in [2.05, 4.69) is 0 Å². The lowest BCUT2D eigenvalue weighted by atomic mass is 9.86. The van der Waals surface area contributed by atoms with Crippen LogP contribution in [0.3, 0.4) is 0 Å². The average Bonchev–Trinajstić information content (AvgIpc) is 3.44. The van der Waals surface area contributed by atoms with Crippen molar-refractivity contribution in [2.75, 3.05) is 31.1 Å². The average molecular weight is 511 g/mol. The van der Waals surface area contributed by atoms with E-state index in [0.717, 1.165) is 11.3 Å². The van der Waals surface area contributed by atoms with Gasteiger partial charge in [0.25, 0.3) is 0 Å². The first-order valence-corrected chi connectivity index (χ1v) is 12.3. The minimum Gasteiger partial charge on any atom is -0.497 e. The summed E-state index contributed by atoms with van der Waals surface area (Å²) in [7, 11) is 4.59. The number of anilines is 2. The van der Waals surface area contributed by atoms with Gasteiger partial charge in [0.1, 0.15) is 11.8 Å². The van der Waals surface area contributed by atoms with Gasteiger partial charge in [-0.05, 0) is 54.1 Å². The monoisotopic (exact) mass is 510 g/mol. The zero-order valence-corrected chi connectivity index (χ0v) is 21.2. The number of benzene rings is 3. The highest BCUT2D eigenvalue weighted by atomic mass is 16.5. The number of hydrogen-bond acceptors (Lipinski definition) is 7. The Morgan fingerprint density at radius 2 is 1.50 bits per heavy atom. The van der Waals surface area contributed by atoms with Crippen LogP contribution in [0.1, 0.15) is 15.9 Å². The van der Waals surface area contributed by atoms with Crippen molar-refractivity contribution in [2.24, 2.45) is 11.8 Å². The zero-order chi connectivity index (χ0) is 26.6.